The van der Waals surface area contributed by atoms with Crippen molar-refractivity contribution in [1.29, 1.82) is 0 Å². The molecule has 0 bridgehead atoms. The van der Waals surface area contributed by atoms with Gasteiger partial charge in [0.05, 0.1) is 5.56 Å². The van der Waals surface area contributed by atoms with Crippen molar-refractivity contribution in [2.24, 2.45) is 0 Å². The Morgan fingerprint density at radius 2 is 2.05 bits per heavy atom. The number of hydrogen-bond donors (Lipinski definition) is 1. The van der Waals surface area contributed by atoms with Gasteiger partial charge in [-0.1, -0.05) is 18.2 Å². The highest BCUT2D eigenvalue weighted by molar-refractivity contribution is 9.10. The summed E-state index contributed by atoms with van der Waals surface area (Å²) in [5.74, 6) is -0.0869. The zero-order valence-corrected chi connectivity index (χ0v) is 12.5. The number of rotatable bonds is 3. The van der Waals surface area contributed by atoms with Crippen LogP contribution in [-0.2, 0) is 6.54 Å². The lowest BCUT2D eigenvalue weighted by Crippen LogP contribution is -2.23. The summed E-state index contributed by atoms with van der Waals surface area (Å²) in [6.07, 6.45) is 1.78. The van der Waals surface area contributed by atoms with Crippen molar-refractivity contribution in [1.82, 2.24) is 10.3 Å². The number of pyridine rings is 1. The van der Waals surface area contributed by atoms with E-state index in [1.165, 1.54) is 0 Å². The van der Waals surface area contributed by atoms with Crippen LogP contribution in [-0.4, -0.2) is 10.9 Å². The molecule has 0 saturated heterocycles. The predicted molar refractivity (Wildman–Crippen MR) is 79.0 cm³/mol. The molecule has 1 amide bonds. The number of carbonyl (C=O) groups excluding carboxylic acids is 1. The highest BCUT2D eigenvalue weighted by Gasteiger charge is 2.10. The molecular weight excluding hydrogens is 304 g/mol. The van der Waals surface area contributed by atoms with Crippen LogP contribution in [0, 0.1) is 13.8 Å². The Kier molecular flexibility index (Phi) is 4.32. The average Bonchev–Trinajstić information content (AvgIpc) is 2.41. The lowest BCUT2D eigenvalue weighted by Gasteiger charge is -2.08. The van der Waals surface area contributed by atoms with E-state index in [1.807, 2.05) is 38.1 Å². The molecule has 0 aliphatic heterocycles. The molecule has 0 aliphatic rings. The van der Waals surface area contributed by atoms with E-state index in [1.54, 1.807) is 12.3 Å². The first-order valence-electron chi connectivity index (χ1n) is 6.03. The fourth-order valence-corrected chi connectivity index (χ4v) is 2.15. The van der Waals surface area contributed by atoms with Crippen LogP contribution in [0.15, 0.2) is 41.0 Å². The Balaban J connectivity index is 2.05. The van der Waals surface area contributed by atoms with Crippen molar-refractivity contribution >= 4 is 21.8 Å². The molecule has 0 fully saturated rings. The summed E-state index contributed by atoms with van der Waals surface area (Å²) in [6, 6.07) is 9.55. The first kappa shape index (κ1) is 13.7. The first-order valence-corrected chi connectivity index (χ1v) is 6.82. The zero-order valence-electron chi connectivity index (χ0n) is 10.9. The summed E-state index contributed by atoms with van der Waals surface area (Å²) in [5, 5.41) is 2.89. The van der Waals surface area contributed by atoms with Crippen LogP contribution in [0.3, 0.4) is 0 Å². The summed E-state index contributed by atoms with van der Waals surface area (Å²) >= 11 is 3.44. The summed E-state index contributed by atoms with van der Waals surface area (Å²) in [4.78, 5) is 16.3. The van der Waals surface area contributed by atoms with Crippen LogP contribution in [0.5, 0.6) is 0 Å². The Labute approximate surface area is 121 Å². The monoisotopic (exact) mass is 318 g/mol. The lowest BCUT2D eigenvalue weighted by molar-refractivity contribution is 0.0950. The van der Waals surface area contributed by atoms with E-state index in [0.29, 0.717) is 12.1 Å². The number of nitrogens with one attached hydrogen (secondary N) is 1. The van der Waals surface area contributed by atoms with Gasteiger partial charge in [0, 0.05) is 22.9 Å². The standard InChI is InChI=1S/C15H15BrN2O/c1-10-4-3-5-13(14(10)16)15(19)18-9-12-7-6-11(2)17-8-12/h3-8H,9H2,1-2H3,(H,18,19). The molecule has 0 atom stereocenters. The van der Waals surface area contributed by atoms with E-state index in [4.69, 9.17) is 0 Å². The molecule has 1 aromatic heterocycles. The van der Waals surface area contributed by atoms with Crippen LogP contribution < -0.4 is 5.32 Å². The number of carbonyl (C=O) groups is 1. The van der Waals surface area contributed by atoms with Gasteiger partial charge in [0.25, 0.3) is 5.91 Å². The minimum absolute atomic E-state index is 0.0869. The summed E-state index contributed by atoms with van der Waals surface area (Å²) < 4.78 is 0.842. The van der Waals surface area contributed by atoms with Crippen LogP contribution in [0.4, 0.5) is 0 Å². The molecule has 0 saturated carbocycles. The van der Waals surface area contributed by atoms with E-state index >= 15 is 0 Å². The van der Waals surface area contributed by atoms with Crippen molar-refractivity contribution in [3.63, 3.8) is 0 Å². The fourth-order valence-electron chi connectivity index (χ4n) is 1.70. The average molecular weight is 319 g/mol. The molecule has 98 valence electrons. The zero-order chi connectivity index (χ0) is 13.8. The van der Waals surface area contributed by atoms with Gasteiger partial charge in [-0.05, 0) is 53.0 Å². The quantitative estimate of drug-likeness (QED) is 0.942. The number of benzene rings is 1. The molecule has 3 nitrogen and oxygen atoms in total. The number of nitrogens with zero attached hydrogens (tertiary/aromatic N) is 1. The first-order chi connectivity index (χ1) is 9.08. The maximum atomic E-state index is 12.1. The van der Waals surface area contributed by atoms with Crippen molar-refractivity contribution in [2.75, 3.05) is 0 Å². The predicted octanol–water partition coefficient (Wildman–Crippen LogP) is 3.39. The van der Waals surface area contributed by atoms with Gasteiger partial charge in [-0.15, -0.1) is 0 Å². The lowest BCUT2D eigenvalue weighted by atomic mass is 10.1. The number of aryl methyl sites for hydroxylation is 2. The number of hydrogen-bond acceptors (Lipinski definition) is 2. The third kappa shape index (κ3) is 3.41. The van der Waals surface area contributed by atoms with E-state index < -0.39 is 0 Å². The molecule has 1 N–H and O–H groups in total. The van der Waals surface area contributed by atoms with Crippen molar-refractivity contribution < 1.29 is 4.79 Å². The second-order valence-corrected chi connectivity index (χ2v) is 5.22. The molecule has 4 heteroatoms. The second-order valence-electron chi connectivity index (χ2n) is 4.43. The highest BCUT2D eigenvalue weighted by atomic mass is 79.9. The van der Waals surface area contributed by atoms with E-state index in [2.05, 4.69) is 26.2 Å². The maximum Gasteiger partial charge on any atom is 0.252 e. The molecule has 19 heavy (non-hydrogen) atoms. The number of amides is 1. The summed E-state index contributed by atoms with van der Waals surface area (Å²) in [5.41, 5.74) is 3.66. The Morgan fingerprint density at radius 3 is 2.74 bits per heavy atom. The second kappa shape index (κ2) is 5.97. The van der Waals surface area contributed by atoms with Crippen molar-refractivity contribution in [2.45, 2.75) is 20.4 Å². The minimum atomic E-state index is -0.0869. The maximum absolute atomic E-state index is 12.1. The third-order valence-electron chi connectivity index (χ3n) is 2.86. The summed E-state index contributed by atoms with van der Waals surface area (Å²) in [7, 11) is 0. The molecule has 0 unspecified atom stereocenters. The van der Waals surface area contributed by atoms with Gasteiger partial charge < -0.3 is 5.32 Å². The van der Waals surface area contributed by atoms with Crippen molar-refractivity contribution in [3.8, 4) is 0 Å². The molecule has 2 rings (SSSR count). The SMILES string of the molecule is Cc1ccc(CNC(=O)c2cccc(C)c2Br)cn1. The van der Waals surface area contributed by atoms with Gasteiger partial charge in [0.15, 0.2) is 0 Å². The topological polar surface area (TPSA) is 42.0 Å². The highest BCUT2D eigenvalue weighted by Crippen LogP contribution is 2.20. The molecule has 1 aromatic carbocycles. The Morgan fingerprint density at radius 1 is 1.26 bits per heavy atom. The number of halogens is 1. The van der Waals surface area contributed by atoms with Gasteiger partial charge in [-0.3, -0.25) is 9.78 Å². The van der Waals surface area contributed by atoms with Crippen LogP contribution in [0.1, 0.15) is 27.2 Å². The molecule has 1 heterocycles. The van der Waals surface area contributed by atoms with Gasteiger partial charge in [0.1, 0.15) is 0 Å². The van der Waals surface area contributed by atoms with Crippen LogP contribution in [0.2, 0.25) is 0 Å². The Bertz CT molecular complexity index is 594. The summed E-state index contributed by atoms with van der Waals surface area (Å²) in [6.45, 7) is 4.38. The van der Waals surface area contributed by atoms with Gasteiger partial charge in [0.2, 0.25) is 0 Å². The largest absolute Gasteiger partial charge is 0.348 e. The Hall–Kier alpha value is -1.68. The van der Waals surface area contributed by atoms with E-state index in [-0.39, 0.29) is 5.91 Å². The minimum Gasteiger partial charge on any atom is -0.348 e. The van der Waals surface area contributed by atoms with Gasteiger partial charge >= 0.3 is 0 Å². The molecule has 0 aliphatic carbocycles. The van der Waals surface area contributed by atoms with Gasteiger partial charge in [-0.25, -0.2) is 0 Å². The third-order valence-corrected chi connectivity index (χ3v) is 3.91. The fraction of sp³-hybridized carbons (Fsp3) is 0.200. The van der Waals surface area contributed by atoms with Crippen molar-refractivity contribution in [3.05, 3.63) is 63.4 Å². The molecule has 2 aromatic rings. The normalized spacial score (nSPS) is 10.3. The van der Waals surface area contributed by atoms with Crippen LogP contribution >= 0.6 is 15.9 Å². The van der Waals surface area contributed by atoms with Crippen LogP contribution in [0.25, 0.3) is 0 Å². The molecule has 0 spiro atoms. The van der Waals surface area contributed by atoms with E-state index in [9.17, 15) is 4.79 Å². The smallest absolute Gasteiger partial charge is 0.252 e. The van der Waals surface area contributed by atoms with Gasteiger partial charge in [-0.2, -0.15) is 0 Å². The van der Waals surface area contributed by atoms with E-state index in [0.717, 1.165) is 21.3 Å². The molecular formula is C15H15BrN2O. The number of aromatic nitrogens is 1. The molecule has 0 radical (unpaired) electrons.